The number of nitrogens with one attached hydrogen (secondary N) is 1. The molecule has 2 rings (SSSR count). The van der Waals surface area contributed by atoms with E-state index in [2.05, 4.69) is 10.1 Å². The Labute approximate surface area is 78.7 Å². The fraction of sp³-hybridized carbons (Fsp3) is 0.111. The van der Waals surface area contributed by atoms with E-state index < -0.39 is 23.9 Å². The Morgan fingerprint density at radius 3 is 2.71 bits per heavy atom. The molecule has 0 aliphatic carbocycles. The Hall–Kier alpha value is -1.91. The van der Waals surface area contributed by atoms with Gasteiger partial charge in [-0.05, 0) is 17.7 Å². The van der Waals surface area contributed by atoms with Gasteiger partial charge in [-0.2, -0.15) is 0 Å². The van der Waals surface area contributed by atoms with Crippen LogP contribution in [-0.4, -0.2) is 12.1 Å². The maximum atomic E-state index is 12.8. The summed E-state index contributed by atoms with van der Waals surface area (Å²) in [7, 11) is 0. The highest BCUT2D eigenvalue weighted by atomic mass is 19.1. The third-order valence-electron chi connectivity index (χ3n) is 1.87. The molecule has 72 valence electrons. The van der Waals surface area contributed by atoms with Gasteiger partial charge in [-0.3, -0.25) is 0 Å². The van der Waals surface area contributed by atoms with E-state index in [0.29, 0.717) is 5.56 Å². The number of hydrogen-bond acceptors (Lipinski definition) is 3. The summed E-state index contributed by atoms with van der Waals surface area (Å²) in [5, 5.41) is 2.27. The van der Waals surface area contributed by atoms with E-state index in [9.17, 15) is 14.0 Å². The van der Waals surface area contributed by atoms with Gasteiger partial charge in [-0.1, -0.05) is 12.1 Å². The van der Waals surface area contributed by atoms with Gasteiger partial charge in [0.25, 0.3) is 0 Å². The molecule has 1 aromatic rings. The minimum atomic E-state index is -0.891. The van der Waals surface area contributed by atoms with E-state index >= 15 is 0 Å². The second kappa shape index (κ2) is 3.10. The quantitative estimate of drug-likeness (QED) is 0.539. The van der Waals surface area contributed by atoms with Gasteiger partial charge >= 0.3 is 12.1 Å². The lowest BCUT2D eigenvalue weighted by atomic mass is 10.1. The summed E-state index contributed by atoms with van der Waals surface area (Å²) in [4.78, 5) is 21.7. The van der Waals surface area contributed by atoms with Gasteiger partial charge in [0, 0.05) is 0 Å². The van der Waals surface area contributed by atoms with Gasteiger partial charge in [0.15, 0.2) is 6.04 Å². The van der Waals surface area contributed by atoms with E-state index in [1.54, 1.807) is 6.07 Å². The summed E-state index contributed by atoms with van der Waals surface area (Å²) in [6, 6.07) is 4.55. The van der Waals surface area contributed by atoms with Crippen molar-refractivity contribution < 1.29 is 18.7 Å². The molecule has 0 radical (unpaired) electrons. The van der Waals surface area contributed by atoms with Gasteiger partial charge in [0.1, 0.15) is 5.82 Å². The second-order valence-corrected chi connectivity index (χ2v) is 2.84. The van der Waals surface area contributed by atoms with Crippen molar-refractivity contribution in [3.05, 3.63) is 35.6 Å². The molecule has 0 aromatic heterocycles. The van der Waals surface area contributed by atoms with Gasteiger partial charge in [0.05, 0.1) is 0 Å². The van der Waals surface area contributed by atoms with E-state index in [-0.39, 0.29) is 0 Å². The molecule has 1 aliphatic heterocycles. The van der Waals surface area contributed by atoms with Crippen molar-refractivity contribution in [3.63, 3.8) is 0 Å². The van der Waals surface area contributed by atoms with E-state index in [0.717, 1.165) is 0 Å². The molecule has 4 nitrogen and oxygen atoms in total. The molecule has 1 fully saturated rings. The monoisotopic (exact) mass is 195 g/mol. The van der Waals surface area contributed by atoms with Crippen LogP contribution in [0, 0.1) is 5.82 Å². The molecule has 1 aliphatic rings. The third-order valence-corrected chi connectivity index (χ3v) is 1.87. The summed E-state index contributed by atoms with van der Waals surface area (Å²) in [5.74, 6) is -1.17. The lowest BCUT2D eigenvalue weighted by Gasteiger charge is -2.04. The molecule has 1 saturated heterocycles. The van der Waals surface area contributed by atoms with Crippen LogP contribution in [0.1, 0.15) is 11.6 Å². The number of cyclic esters (lactones) is 2. The molecule has 1 unspecified atom stereocenters. The summed E-state index contributed by atoms with van der Waals surface area (Å²) < 4.78 is 17.0. The molecule has 1 aromatic carbocycles. The van der Waals surface area contributed by atoms with E-state index in [4.69, 9.17) is 0 Å². The molecule has 0 spiro atoms. The van der Waals surface area contributed by atoms with Crippen molar-refractivity contribution >= 4 is 12.1 Å². The number of ether oxygens (including phenoxy) is 1. The Morgan fingerprint density at radius 1 is 1.36 bits per heavy atom. The number of halogens is 1. The highest BCUT2D eigenvalue weighted by Crippen LogP contribution is 2.19. The van der Waals surface area contributed by atoms with Gasteiger partial charge in [0.2, 0.25) is 0 Å². The molecule has 0 saturated carbocycles. The summed E-state index contributed by atoms with van der Waals surface area (Å²) in [5.41, 5.74) is 0.376. The molecule has 5 heteroatoms. The predicted molar refractivity (Wildman–Crippen MR) is 43.8 cm³/mol. The zero-order valence-electron chi connectivity index (χ0n) is 6.99. The van der Waals surface area contributed by atoms with Gasteiger partial charge in [-0.15, -0.1) is 0 Å². The lowest BCUT2D eigenvalue weighted by Crippen LogP contribution is -2.19. The summed E-state index contributed by atoms with van der Waals surface area (Å²) in [6.45, 7) is 0. The van der Waals surface area contributed by atoms with Gasteiger partial charge in [-0.25, -0.2) is 14.0 Å². The summed E-state index contributed by atoms with van der Waals surface area (Å²) in [6.07, 6.45) is -0.802. The molecular weight excluding hydrogens is 189 g/mol. The summed E-state index contributed by atoms with van der Waals surface area (Å²) >= 11 is 0. The van der Waals surface area contributed by atoms with Crippen molar-refractivity contribution in [2.24, 2.45) is 0 Å². The molecule has 14 heavy (non-hydrogen) atoms. The number of carbonyl (C=O) groups excluding carboxylic acids is 2. The molecular formula is C9H6FNO3. The number of carbonyl (C=O) groups is 2. The van der Waals surface area contributed by atoms with E-state index in [1.807, 2.05) is 0 Å². The topological polar surface area (TPSA) is 55.4 Å². The van der Waals surface area contributed by atoms with Crippen LogP contribution in [0.15, 0.2) is 24.3 Å². The highest BCUT2D eigenvalue weighted by Gasteiger charge is 2.33. The van der Waals surface area contributed by atoms with E-state index in [1.165, 1.54) is 18.2 Å². The zero-order valence-corrected chi connectivity index (χ0v) is 6.99. The Bertz CT molecular complexity index is 405. The van der Waals surface area contributed by atoms with Crippen LogP contribution in [0.5, 0.6) is 0 Å². The lowest BCUT2D eigenvalue weighted by molar-refractivity contribution is -0.135. The van der Waals surface area contributed by atoms with Crippen LogP contribution < -0.4 is 5.32 Å². The van der Waals surface area contributed by atoms with Crippen molar-refractivity contribution in [1.82, 2.24) is 5.32 Å². The average Bonchev–Trinajstić information content (AvgIpc) is 2.45. The second-order valence-electron chi connectivity index (χ2n) is 2.84. The van der Waals surface area contributed by atoms with Crippen molar-refractivity contribution in [2.75, 3.05) is 0 Å². The smallest absolute Gasteiger partial charge is 0.374 e. The predicted octanol–water partition coefficient (Wildman–Crippen LogP) is 1.13. The van der Waals surface area contributed by atoms with Crippen molar-refractivity contribution in [1.29, 1.82) is 0 Å². The minimum absolute atomic E-state index is 0.376. The average molecular weight is 195 g/mol. The van der Waals surface area contributed by atoms with Crippen LogP contribution in [0.25, 0.3) is 0 Å². The van der Waals surface area contributed by atoms with Crippen LogP contribution in [0.4, 0.5) is 9.18 Å². The Balaban J connectivity index is 2.31. The Morgan fingerprint density at radius 2 is 2.14 bits per heavy atom. The minimum Gasteiger partial charge on any atom is -0.374 e. The fourth-order valence-electron chi connectivity index (χ4n) is 1.26. The SMILES string of the molecule is O=C1NC(c2cccc(F)c2)C(=O)O1. The number of esters is 1. The molecule has 1 atom stereocenters. The number of rotatable bonds is 1. The molecule has 1 N–H and O–H groups in total. The number of amides is 1. The highest BCUT2D eigenvalue weighted by molar-refractivity contribution is 5.96. The number of hydrogen-bond donors (Lipinski definition) is 1. The first-order chi connectivity index (χ1) is 6.66. The van der Waals surface area contributed by atoms with Crippen molar-refractivity contribution in [3.8, 4) is 0 Å². The maximum absolute atomic E-state index is 12.8. The van der Waals surface area contributed by atoms with Crippen LogP contribution in [0.2, 0.25) is 0 Å². The van der Waals surface area contributed by atoms with Crippen molar-refractivity contribution in [2.45, 2.75) is 6.04 Å². The zero-order chi connectivity index (χ0) is 10.1. The molecule has 1 amide bonds. The normalized spacial score (nSPS) is 20.5. The third kappa shape index (κ3) is 1.44. The first-order valence-electron chi connectivity index (χ1n) is 3.94. The van der Waals surface area contributed by atoms with Crippen LogP contribution in [-0.2, 0) is 9.53 Å². The first-order valence-corrected chi connectivity index (χ1v) is 3.94. The molecule has 0 bridgehead atoms. The Kier molecular flexibility index (Phi) is 1.92. The molecule has 1 heterocycles. The first kappa shape index (κ1) is 8.68. The largest absolute Gasteiger partial charge is 0.415 e. The number of alkyl carbamates (subject to hydrolysis) is 1. The van der Waals surface area contributed by atoms with Gasteiger partial charge < -0.3 is 10.1 Å². The van der Waals surface area contributed by atoms with Crippen LogP contribution in [0.3, 0.4) is 0 Å². The standard InChI is InChI=1S/C9H6FNO3/c10-6-3-1-2-5(4-6)7-8(12)14-9(13)11-7/h1-4,7H,(H,11,13). The fourth-order valence-corrected chi connectivity index (χ4v) is 1.26. The maximum Gasteiger partial charge on any atom is 0.415 e. The number of benzene rings is 1. The van der Waals surface area contributed by atoms with Crippen LogP contribution >= 0.6 is 0 Å².